The molecule has 1 rings (SSSR count). The molecule has 0 aromatic rings. The molecule has 102 valence electrons. The lowest BCUT2D eigenvalue weighted by Crippen LogP contribution is -2.30. The van der Waals surface area contributed by atoms with Crippen LogP contribution in [-0.2, 0) is 15.6 Å². The fraction of sp³-hybridized carbons (Fsp3) is 0.846. The van der Waals surface area contributed by atoms with Gasteiger partial charge >= 0.3 is 0 Å². The van der Waals surface area contributed by atoms with Gasteiger partial charge in [-0.3, -0.25) is 9.00 Å². The van der Waals surface area contributed by atoms with Crippen molar-refractivity contribution < 1.29 is 9.00 Å². The van der Waals surface area contributed by atoms with Crippen LogP contribution in [-0.4, -0.2) is 39.6 Å². The molecule has 1 saturated carbocycles. The van der Waals surface area contributed by atoms with Crippen molar-refractivity contribution in [2.45, 2.75) is 50.2 Å². The van der Waals surface area contributed by atoms with Gasteiger partial charge in [0.25, 0.3) is 0 Å². The SMILES string of the molecule is CN(CCC#N)C(=O)CCS(=O)C1CCCCC1. The third-order valence-electron chi connectivity index (χ3n) is 3.43. The van der Waals surface area contributed by atoms with Gasteiger partial charge in [0.05, 0.1) is 12.5 Å². The number of amides is 1. The second kappa shape index (κ2) is 8.25. The normalized spacial score (nSPS) is 18.0. The number of hydrogen-bond acceptors (Lipinski definition) is 3. The lowest BCUT2D eigenvalue weighted by molar-refractivity contribution is -0.129. The quantitative estimate of drug-likeness (QED) is 0.739. The summed E-state index contributed by atoms with van der Waals surface area (Å²) in [6.45, 7) is 0.464. The second-order valence-electron chi connectivity index (χ2n) is 4.82. The highest BCUT2D eigenvalue weighted by Gasteiger charge is 2.20. The fourth-order valence-corrected chi connectivity index (χ4v) is 3.78. The Labute approximate surface area is 112 Å². The Bertz CT molecular complexity index is 332. The predicted octanol–water partition coefficient (Wildman–Crippen LogP) is 1.83. The minimum atomic E-state index is -0.862. The molecule has 1 amide bonds. The van der Waals surface area contributed by atoms with Crippen molar-refractivity contribution in [1.82, 2.24) is 4.90 Å². The Hall–Kier alpha value is -0.890. The van der Waals surface area contributed by atoms with Crippen LogP contribution in [0.4, 0.5) is 0 Å². The zero-order valence-corrected chi connectivity index (χ0v) is 11.9. The third kappa shape index (κ3) is 5.18. The molecule has 0 saturated heterocycles. The highest BCUT2D eigenvalue weighted by molar-refractivity contribution is 7.85. The van der Waals surface area contributed by atoms with Crippen molar-refractivity contribution in [2.75, 3.05) is 19.3 Å². The number of rotatable bonds is 6. The van der Waals surface area contributed by atoms with Gasteiger partial charge < -0.3 is 4.90 Å². The summed E-state index contributed by atoms with van der Waals surface area (Å²) in [4.78, 5) is 13.3. The summed E-state index contributed by atoms with van der Waals surface area (Å²) < 4.78 is 12.0. The van der Waals surface area contributed by atoms with Crippen molar-refractivity contribution >= 4 is 16.7 Å². The largest absolute Gasteiger partial charge is 0.345 e. The fourth-order valence-electron chi connectivity index (χ4n) is 2.22. The number of carbonyl (C=O) groups excluding carboxylic acids is 1. The molecule has 1 atom stereocenters. The summed E-state index contributed by atoms with van der Waals surface area (Å²) in [6, 6.07) is 2.02. The van der Waals surface area contributed by atoms with Crippen molar-refractivity contribution in [3.05, 3.63) is 0 Å². The molecule has 1 fully saturated rings. The van der Waals surface area contributed by atoms with E-state index in [1.807, 2.05) is 6.07 Å². The van der Waals surface area contributed by atoms with E-state index in [1.54, 1.807) is 11.9 Å². The van der Waals surface area contributed by atoms with Crippen molar-refractivity contribution in [3.63, 3.8) is 0 Å². The van der Waals surface area contributed by atoms with E-state index < -0.39 is 10.8 Å². The standard InChI is InChI=1S/C13H22N2O2S/c1-15(10-5-9-14)13(16)8-11-18(17)12-6-3-2-4-7-12/h12H,2-8,10-11H2,1H3. The lowest BCUT2D eigenvalue weighted by atomic mass is 10.0. The van der Waals surface area contributed by atoms with Crippen LogP contribution in [0.15, 0.2) is 0 Å². The molecule has 0 radical (unpaired) electrons. The van der Waals surface area contributed by atoms with Gasteiger partial charge in [-0.25, -0.2) is 0 Å². The van der Waals surface area contributed by atoms with Crippen LogP contribution in [0.25, 0.3) is 0 Å². The molecular weight excluding hydrogens is 248 g/mol. The van der Waals surface area contributed by atoms with Crippen LogP contribution < -0.4 is 0 Å². The first-order valence-corrected chi connectivity index (χ1v) is 8.01. The maximum atomic E-state index is 12.0. The smallest absolute Gasteiger partial charge is 0.223 e. The first-order chi connectivity index (χ1) is 8.65. The first-order valence-electron chi connectivity index (χ1n) is 6.63. The predicted molar refractivity (Wildman–Crippen MR) is 72.4 cm³/mol. The highest BCUT2D eigenvalue weighted by Crippen LogP contribution is 2.22. The second-order valence-corrected chi connectivity index (χ2v) is 6.65. The summed E-state index contributed by atoms with van der Waals surface area (Å²) in [6.07, 6.45) is 6.39. The molecule has 5 heteroatoms. The van der Waals surface area contributed by atoms with Gasteiger partial charge in [-0.15, -0.1) is 0 Å². The highest BCUT2D eigenvalue weighted by atomic mass is 32.2. The van der Waals surface area contributed by atoms with Crippen molar-refractivity contribution in [1.29, 1.82) is 5.26 Å². The van der Waals surface area contributed by atoms with Gasteiger partial charge in [0.2, 0.25) is 5.91 Å². The molecule has 1 unspecified atom stereocenters. The maximum absolute atomic E-state index is 12.0. The van der Waals surface area contributed by atoms with Crippen LogP contribution in [0.3, 0.4) is 0 Å². The molecule has 1 aliphatic carbocycles. The molecule has 4 nitrogen and oxygen atoms in total. The minimum Gasteiger partial charge on any atom is -0.345 e. The third-order valence-corrected chi connectivity index (χ3v) is 5.25. The van der Waals surface area contributed by atoms with E-state index in [2.05, 4.69) is 0 Å². The molecule has 0 aliphatic heterocycles. The molecule has 0 aromatic carbocycles. The Kier molecular flexibility index (Phi) is 6.96. The van der Waals surface area contributed by atoms with Gasteiger partial charge in [0, 0.05) is 41.8 Å². The van der Waals surface area contributed by atoms with Crippen molar-refractivity contribution in [2.24, 2.45) is 0 Å². The maximum Gasteiger partial charge on any atom is 0.223 e. The van der Waals surface area contributed by atoms with Crippen LogP contribution in [0.5, 0.6) is 0 Å². The van der Waals surface area contributed by atoms with E-state index in [0.29, 0.717) is 30.4 Å². The van der Waals surface area contributed by atoms with Gasteiger partial charge in [-0.05, 0) is 12.8 Å². The van der Waals surface area contributed by atoms with E-state index in [4.69, 9.17) is 5.26 Å². The lowest BCUT2D eigenvalue weighted by Gasteiger charge is -2.21. The Morgan fingerprint density at radius 3 is 2.67 bits per heavy atom. The summed E-state index contributed by atoms with van der Waals surface area (Å²) >= 11 is 0. The zero-order valence-electron chi connectivity index (χ0n) is 11.1. The number of carbonyl (C=O) groups is 1. The average molecular weight is 270 g/mol. The van der Waals surface area contributed by atoms with Gasteiger partial charge in [0.15, 0.2) is 0 Å². The van der Waals surface area contributed by atoms with Gasteiger partial charge in [-0.2, -0.15) is 5.26 Å². The summed E-state index contributed by atoms with van der Waals surface area (Å²) in [5, 5.41) is 8.75. The van der Waals surface area contributed by atoms with Crippen molar-refractivity contribution in [3.8, 4) is 6.07 Å². The number of nitriles is 1. The molecule has 0 N–H and O–H groups in total. The molecule has 1 aliphatic rings. The van der Waals surface area contributed by atoms with Crippen LogP contribution >= 0.6 is 0 Å². The van der Waals surface area contributed by atoms with E-state index in [1.165, 1.54) is 19.3 Å². The first kappa shape index (κ1) is 15.2. The minimum absolute atomic E-state index is 0.00518. The van der Waals surface area contributed by atoms with Crippen LogP contribution in [0.1, 0.15) is 44.9 Å². The average Bonchev–Trinajstić information content (AvgIpc) is 2.42. The van der Waals surface area contributed by atoms with Gasteiger partial charge in [0.1, 0.15) is 0 Å². The van der Waals surface area contributed by atoms with Crippen LogP contribution in [0.2, 0.25) is 0 Å². The Balaban J connectivity index is 2.24. The number of hydrogen-bond donors (Lipinski definition) is 0. The molecule has 0 heterocycles. The van der Waals surface area contributed by atoms with E-state index >= 15 is 0 Å². The molecular formula is C13H22N2O2S. The summed E-state index contributed by atoms with van der Waals surface area (Å²) in [7, 11) is 0.836. The van der Waals surface area contributed by atoms with E-state index in [9.17, 15) is 9.00 Å². The topological polar surface area (TPSA) is 61.2 Å². The molecule has 0 bridgehead atoms. The number of nitrogens with zero attached hydrogens (tertiary/aromatic N) is 2. The molecule has 0 aromatic heterocycles. The molecule has 18 heavy (non-hydrogen) atoms. The monoisotopic (exact) mass is 270 g/mol. The Morgan fingerprint density at radius 2 is 2.06 bits per heavy atom. The van der Waals surface area contributed by atoms with Gasteiger partial charge in [-0.1, -0.05) is 19.3 Å². The van der Waals surface area contributed by atoms with E-state index in [-0.39, 0.29) is 5.91 Å². The summed E-state index contributed by atoms with van der Waals surface area (Å²) in [5.41, 5.74) is 0. The Morgan fingerprint density at radius 1 is 1.39 bits per heavy atom. The van der Waals surface area contributed by atoms with E-state index in [0.717, 1.165) is 12.8 Å². The zero-order chi connectivity index (χ0) is 13.4. The van der Waals surface area contributed by atoms with Crippen LogP contribution in [0, 0.1) is 11.3 Å². The summed E-state index contributed by atoms with van der Waals surface area (Å²) in [5.74, 6) is 0.467. The molecule has 0 spiro atoms.